The van der Waals surface area contributed by atoms with Crippen molar-refractivity contribution in [2.75, 3.05) is 57.2 Å². The van der Waals surface area contributed by atoms with Gasteiger partial charge in [0.1, 0.15) is 11.5 Å². The Bertz CT molecular complexity index is 918. The smallest absolute Gasteiger partial charge is 0.270 e. The number of anilines is 2. The minimum Gasteiger partial charge on any atom is -0.390 e. The molecule has 2 aliphatic heterocycles. The highest BCUT2D eigenvalue weighted by Crippen LogP contribution is 2.19. The van der Waals surface area contributed by atoms with Gasteiger partial charge in [0.05, 0.1) is 25.4 Å². The van der Waals surface area contributed by atoms with E-state index < -0.39 is 6.10 Å². The highest BCUT2D eigenvalue weighted by Gasteiger charge is 2.22. The van der Waals surface area contributed by atoms with Crippen LogP contribution in [0.3, 0.4) is 0 Å². The van der Waals surface area contributed by atoms with Gasteiger partial charge in [-0.25, -0.2) is 4.98 Å². The van der Waals surface area contributed by atoms with Crippen molar-refractivity contribution in [2.24, 2.45) is 0 Å². The molecule has 0 saturated carbocycles. The van der Waals surface area contributed by atoms with Crippen LogP contribution >= 0.6 is 0 Å². The molecule has 1 fully saturated rings. The highest BCUT2D eigenvalue weighted by molar-refractivity contribution is 5.93. The van der Waals surface area contributed by atoms with E-state index in [0.29, 0.717) is 31.5 Å². The standard InChI is InChI=1S/C22H30N6O3/c1-27(2)22-25-19(9-20(26-22)24-17-13-31-14-17)21(30)23-10-18(29)12-28-8-7-15-5-3-4-6-16(15)11-28/h3-6,9,17-18,29H,7-8,10-14H2,1-2H3,(H,23,30)(H,24,25,26)/t18-/m0/s1. The molecule has 1 saturated heterocycles. The molecule has 0 bridgehead atoms. The van der Waals surface area contributed by atoms with Gasteiger partial charge in [0.2, 0.25) is 5.95 Å². The molecular weight excluding hydrogens is 396 g/mol. The molecule has 3 heterocycles. The minimum absolute atomic E-state index is 0.164. The maximum absolute atomic E-state index is 12.7. The summed E-state index contributed by atoms with van der Waals surface area (Å²) in [6, 6.07) is 10.2. The highest BCUT2D eigenvalue weighted by atomic mass is 16.5. The number of benzene rings is 1. The van der Waals surface area contributed by atoms with Crippen molar-refractivity contribution in [3.05, 3.63) is 47.2 Å². The maximum Gasteiger partial charge on any atom is 0.270 e. The molecule has 1 aromatic heterocycles. The van der Waals surface area contributed by atoms with Crippen LogP contribution < -0.4 is 15.5 Å². The molecule has 1 aromatic carbocycles. The van der Waals surface area contributed by atoms with Crippen LogP contribution in [0.15, 0.2) is 30.3 Å². The summed E-state index contributed by atoms with van der Waals surface area (Å²) in [5.74, 6) is 0.703. The largest absolute Gasteiger partial charge is 0.390 e. The van der Waals surface area contributed by atoms with E-state index >= 15 is 0 Å². The predicted molar refractivity (Wildman–Crippen MR) is 118 cm³/mol. The van der Waals surface area contributed by atoms with Crippen LogP contribution in [-0.4, -0.2) is 85.0 Å². The Morgan fingerprint density at radius 2 is 2.06 bits per heavy atom. The molecule has 0 radical (unpaired) electrons. The first-order chi connectivity index (χ1) is 15.0. The zero-order valence-corrected chi connectivity index (χ0v) is 18.0. The quantitative estimate of drug-likeness (QED) is 0.561. The van der Waals surface area contributed by atoms with Crippen molar-refractivity contribution in [1.29, 1.82) is 0 Å². The Balaban J connectivity index is 1.32. The molecule has 1 amide bonds. The number of nitrogens with zero attached hydrogens (tertiary/aromatic N) is 4. The van der Waals surface area contributed by atoms with Crippen LogP contribution in [0.25, 0.3) is 0 Å². The van der Waals surface area contributed by atoms with E-state index in [2.05, 4.69) is 43.7 Å². The monoisotopic (exact) mass is 426 g/mol. The summed E-state index contributed by atoms with van der Waals surface area (Å²) in [7, 11) is 3.65. The van der Waals surface area contributed by atoms with Gasteiger partial charge in [-0.2, -0.15) is 4.98 Å². The number of aliphatic hydroxyl groups is 1. The van der Waals surface area contributed by atoms with Gasteiger partial charge in [-0.3, -0.25) is 9.69 Å². The number of fused-ring (bicyclic) bond motifs is 1. The van der Waals surface area contributed by atoms with Crippen molar-refractivity contribution < 1.29 is 14.6 Å². The van der Waals surface area contributed by atoms with Crippen molar-refractivity contribution in [3.63, 3.8) is 0 Å². The fourth-order valence-corrected chi connectivity index (χ4v) is 3.73. The number of hydrogen-bond acceptors (Lipinski definition) is 8. The first kappa shape index (κ1) is 21.5. The van der Waals surface area contributed by atoms with Crippen LogP contribution in [0.4, 0.5) is 11.8 Å². The molecule has 4 rings (SSSR count). The molecule has 9 heteroatoms. The number of carbonyl (C=O) groups is 1. The van der Waals surface area contributed by atoms with Gasteiger partial charge < -0.3 is 25.4 Å². The van der Waals surface area contributed by atoms with Crippen molar-refractivity contribution >= 4 is 17.7 Å². The Kier molecular flexibility index (Phi) is 6.64. The second-order valence-electron chi connectivity index (χ2n) is 8.33. The number of aromatic nitrogens is 2. The van der Waals surface area contributed by atoms with Gasteiger partial charge >= 0.3 is 0 Å². The number of carbonyl (C=O) groups excluding carboxylic acids is 1. The number of aliphatic hydroxyl groups excluding tert-OH is 1. The number of amides is 1. The predicted octanol–water partition coefficient (Wildman–Crippen LogP) is 0.502. The van der Waals surface area contributed by atoms with E-state index in [4.69, 9.17) is 4.74 Å². The maximum atomic E-state index is 12.7. The first-order valence-corrected chi connectivity index (χ1v) is 10.6. The van der Waals surface area contributed by atoms with Gasteiger partial charge in [-0.1, -0.05) is 24.3 Å². The molecule has 3 N–H and O–H groups in total. The fourth-order valence-electron chi connectivity index (χ4n) is 3.73. The van der Waals surface area contributed by atoms with Crippen molar-refractivity contribution in [3.8, 4) is 0 Å². The summed E-state index contributed by atoms with van der Waals surface area (Å²) in [6.45, 7) is 3.64. The molecule has 166 valence electrons. The Hall–Kier alpha value is -2.75. The molecule has 9 nitrogen and oxygen atoms in total. The number of ether oxygens (including phenoxy) is 1. The van der Waals surface area contributed by atoms with Gasteiger partial charge in [0.25, 0.3) is 5.91 Å². The van der Waals surface area contributed by atoms with Gasteiger partial charge in [0.15, 0.2) is 0 Å². The van der Waals surface area contributed by atoms with Gasteiger partial charge in [-0.05, 0) is 17.5 Å². The van der Waals surface area contributed by atoms with E-state index in [1.807, 2.05) is 20.2 Å². The number of hydrogen-bond donors (Lipinski definition) is 3. The number of rotatable bonds is 8. The van der Waals surface area contributed by atoms with Crippen molar-refractivity contribution in [2.45, 2.75) is 25.1 Å². The molecule has 1 atom stereocenters. The average Bonchev–Trinajstić information content (AvgIpc) is 2.74. The number of nitrogens with one attached hydrogen (secondary N) is 2. The summed E-state index contributed by atoms with van der Waals surface area (Å²) >= 11 is 0. The van der Waals surface area contributed by atoms with Crippen molar-refractivity contribution in [1.82, 2.24) is 20.2 Å². The summed E-state index contributed by atoms with van der Waals surface area (Å²) < 4.78 is 5.18. The van der Waals surface area contributed by atoms with E-state index in [-0.39, 0.29) is 24.2 Å². The summed E-state index contributed by atoms with van der Waals surface area (Å²) in [4.78, 5) is 25.5. The second-order valence-corrected chi connectivity index (χ2v) is 8.33. The summed E-state index contributed by atoms with van der Waals surface area (Å²) in [5, 5.41) is 16.5. The topological polar surface area (TPSA) is 103 Å². The van der Waals surface area contributed by atoms with Crippen LogP contribution in [0.5, 0.6) is 0 Å². The molecule has 31 heavy (non-hydrogen) atoms. The zero-order valence-electron chi connectivity index (χ0n) is 18.0. The lowest BCUT2D eigenvalue weighted by Crippen LogP contribution is -2.42. The third-order valence-corrected chi connectivity index (χ3v) is 5.51. The summed E-state index contributed by atoms with van der Waals surface area (Å²) in [5.41, 5.74) is 2.94. The minimum atomic E-state index is -0.658. The normalized spacial score (nSPS) is 17.4. The second kappa shape index (κ2) is 9.59. The fraction of sp³-hybridized carbons (Fsp3) is 0.500. The lowest BCUT2D eigenvalue weighted by Gasteiger charge is -2.30. The zero-order chi connectivity index (χ0) is 21.8. The van der Waals surface area contributed by atoms with Crippen LogP contribution in [0.1, 0.15) is 21.6 Å². The molecule has 2 aliphatic rings. The Morgan fingerprint density at radius 1 is 1.29 bits per heavy atom. The SMILES string of the molecule is CN(C)c1nc(NC2COC2)cc(C(=O)NC[C@H](O)CN2CCc3ccccc3C2)n1. The first-order valence-electron chi connectivity index (χ1n) is 10.6. The van der Waals surface area contributed by atoms with Crippen LogP contribution in [-0.2, 0) is 17.7 Å². The molecule has 0 unspecified atom stereocenters. The number of β-amino-alcohol motifs (C(OH)–C–C–N with tert-alkyl or cyclic N) is 1. The van der Waals surface area contributed by atoms with Crippen LogP contribution in [0.2, 0.25) is 0 Å². The van der Waals surface area contributed by atoms with Crippen LogP contribution in [0, 0.1) is 0 Å². The molecular formula is C22H30N6O3. The average molecular weight is 427 g/mol. The lowest BCUT2D eigenvalue weighted by atomic mass is 10.00. The molecule has 0 spiro atoms. The van der Waals surface area contributed by atoms with Gasteiger partial charge in [0, 0.05) is 46.3 Å². The Morgan fingerprint density at radius 3 is 2.77 bits per heavy atom. The third kappa shape index (κ3) is 5.49. The third-order valence-electron chi connectivity index (χ3n) is 5.51. The van der Waals surface area contributed by atoms with Gasteiger partial charge in [-0.15, -0.1) is 0 Å². The Labute approximate surface area is 182 Å². The lowest BCUT2D eigenvalue weighted by molar-refractivity contribution is 0.0209. The molecule has 2 aromatic rings. The molecule has 0 aliphatic carbocycles. The van der Waals surface area contributed by atoms with E-state index in [1.165, 1.54) is 11.1 Å². The van der Waals surface area contributed by atoms with E-state index in [1.54, 1.807) is 11.0 Å². The summed E-state index contributed by atoms with van der Waals surface area (Å²) in [6.07, 6.45) is 0.319. The van der Waals surface area contributed by atoms with E-state index in [9.17, 15) is 9.90 Å². The van der Waals surface area contributed by atoms with E-state index in [0.717, 1.165) is 19.5 Å².